The zero-order valence-electron chi connectivity index (χ0n) is 12.0. The number of hydrogen-bond donors (Lipinski definition) is 2. The van der Waals surface area contributed by atoms with Crippen molar-refractivity contribution in [3.63, 3.8) is 0 Å². The van der Waals surface area contributed by atoms with E-state index < -0.39 is 17.0 Å². The molecule has 0 saturated carbocycles. The van der Waals surface area contributed by atoms with Crippen molar-refractivity contribution in [2.75, 3.05) is 0 Å². The smallest absolute Gasteiger partial charge is 0.328 e. The average Bonchev–Trinajstić information content (AvgIpc) is 2.30. The number of carbonyl (C=O) groups excluding carboxylic acids is 1. The number of rotatable bonds is 3. The van der Waals surface area contributed by atoms with Crippen LogP contribution in [0.2, 0.25) is 0 Å². The molecule has 20 heavy (non-hydrogen) atoms. The molecule has 0 radical (unpaired) electrons. The fourth-order valence-corrected chi connectivity index (χ4v) is 2.55. The second kappa shape index (κ2) is 5.54. The van der Waals surface area contributed by atoms with Crippen molar-refractivity contribution in [3.8, 4) is 0 Å². The van der Waals surface area contributed by atoms with Gasteiger partial charge in [-0.25, -0.2) is 4.79 Å². The zero-order chi connectivity index (χ0) is 15.7. The maximum atomic E-state index is 11.8. The summed E-state index contributed by atoms with van der Waals surface area (Å²) < 4.78 is 0. The minimum absolute atomic E-state index is 0.0522. The summed E-state index contributed by atoms with van der Waals surface area (Å²) in [6.45, 7) is 6.79. The highest BCUT2D eigenvalue weighted by Crippen LogP contribution is 2.47. The highest BCUT2D eigenvalue weighted by molar-refractivity contribution is 6.43. The van der Waals surface area contributed by atoms with Crippen LogP contribution in [0.4, 0.5) is 0 Å². The SMILES string of the molecule is CC1=C(Cl)C(=O)CC(C)(C)[C@@]1(O)/C=C/C(C)=C\C(=O)O. The molecule has 0 aromatic carbocycles. The number of halogens is 1. The van der Waals surface area contributed by atoms with Gasteiger partial charge in [0.25, 0.3) is 0 Å². The first-order chi connectivity index (χ1) is 9.01. The third-order valence-corrected chi connectivity index (χ3v) is 4.21. The Kier molecular flexibility index (Phi) is 4.62. The van der Waals surface area contributed by atoms with Crippen LogP contribution >= 0.6 is 11.6 Å². The van der Waals surface area contributed by atoms with E-state index in [9.17, 15) is 14.7 Å². The normalized spacial score (nSPS) is 27.3. The lowest BCUT2D eigenvalue weighted by molar-refractivity contribution is -0.131. The van der Waals surface area contributed by atoms with Gasteiger partial charge in [-0.1, -0.05) is 31.5 Å². The van der Waals surface area contributed by atoms with E-state index in [-0.39, 0.29) is 17.2 Å². The molecule has 0 saturated heterocycles. The van der Waals surface area contributed by atoms with Gasteiger partial charge in [-0.2, -0.15) is 0 Å². The predicted octanol–water partition coefficient (Wildman–Crippen LogP) is 2.82. The number of aliphatic hydroxyl groups is 1. The van der Waals surface area contributed by atoms with E-state index in [2.05, 4.69) is 0 Å². The Labute approximate surface area is 123 Å². The van der Waals surface area contributed by atoms with Crippen molar-refractivity contribution < 1.29 is 19.8 Å². The number of aliphatic carboxylic acids is 1. The lowest BCUT2D eigenvalue weighted by Gasteiger charge is -2.44. The first-order valence-electron chi connectivity index (χ1n) is 6.24. The molecular weight excluding hydrogens is 280 g/mol. The minimum Gasteiger partial charge on any atom is -0.478 e. The monoisotopic (exact) mass is 298 g/mol. The summed E-state index contributed by atoms with van der Waals surface area (Å²) in [7, 11) is 0. The number of carboxylic acids is 1. The minimum atomic E-state index is -1.38. The summed E-state index contributed by atoms with van der Waals surface area (Å²) in [5.74, 6) is -1.24. The molecule has 0 aromatic rings. The highest BCUT2D eigenvalue weighted by Gasteiger charge is 2.49. The molecule has 0 spiro atoms. The lowest BCUT2D eigenvalue weighted by atomic mass is 9.64. The number of carboxylic acid groups (broad SMARTS) is 1. The van der Waals surface area contributed by atoms with Crippen LogP contribution in [0.1, 0.15) is 34.1 Å². The molecule has 110 valence electrons. The highest BCUT2D eigenvalue weighted by atomic mass is 35.5. The van der Waals surface area contributed by atoms with Crippen molar-refractivity contribution in [3.05, 3.63) is 34.4 Å². The van der Waals surface area contributed by atoms with Crippen LogP contribution in [0.15, 0.2) is 34.4 Å². The van der Waals surface area contributed by atoms with Gasteiger partial charge in [-0.3, -0.25) is 4.79 Å². The molecule has 1 rings (SSSR count). The number of carbonyl (C=O) groups is 2. The molecule has 0 aromatic heterocycles. The maximum Gasteiger partial charge on any atom is 0.328 e. The summed E-state index contributed by atoms with van der Waals surface area (Å²) in [5, 5.41) is 19.6. The molecule has 2 N–H and O–H groups in total. The Morgan fingerprint density at radius 3 is 2.45 bits per heavy atom. The first kappa shape index (κ1) is 16.7. The standard InChI is InChI=1S/C15H19ClO4/c1-9(7-12(18)19)5-6-15(20)10(2)13(16)11(17)8-14(15,3)4/h5-7,20H,8H2,1-4H3,(H,18,19)/b6-5+,9-7-/t15-/m1/s1. The summed E-state index contributed by atoms with van der Waals surface area (Å²) in [6, 6.07) is 0. The van der Waals surface area contributed by atoms with Gasteiger partial charge in [0.1, 0.15) is 5.60 Å². The van der Waals surface area contributed by atoms with Gasteiger partial charge in [-0.05, 0) is 31.1 Å². The van der Waals surface area contributed by atoms with Gasteiger partial charge in [-0.15, -0.1) is 0 Å². The Balaban J connectivity index is 3.28. The maximum absolute atomic E-state index is 11.8. The Bertz CT molecular complexity index is 540. The van der Waals surface area contributed by atoms with Gasteiger partial charge in [0, 0.05) is 17.9 Å². The van der Waals surface area contributed by atoms with Crippen LogP contribution in [0.5, 0.6) is 0 Å². The number of hydrogen-bond acceptors (Lipinski definition) is 3. The molecule has 1 atom stereocenters. The van der Waals surface area contributed by atoms with Gasteiger partial charge in [0.2, 0.25) is 0 Å². The number of Topliss-reactive ketones (excluding diaryl/α,β-unsaturated/α-hetero) is 1. The molecule has 0 bridgehead atoms. The van der Waals surface area contributed by atoms with Gasteiger partial charge in [0.15, 0.2) is 5.78 Å². The van der Waals surface area contributed by atoms with Gasteiger partial charge in [0.05, 0.1) is 5.03 Å². The van der Waals surface area contributed by atoms with Crippen molar-refractivity contribution in [2.24, 2.45) is 5.41 Å². The van der Waals surface area contributed by atoms with Crippen molar-refractivity contribution in [1.29, 1.82) is 0 Å². The first-order valence-corrected chi connectivity index (χ1v) is 6.62. The summed E-state index contributed by atoms with van der Waals surface area (Å²) >= 11 is 5.96. The van der Waals surface area contributed by atoms with E-state index in [0.717, 1.165) is 6.08 Å². The molecule has 0 aliphatic heterocycles. The fourth-order valence-electron chi connectivity index (χ4n) is 2.34. The van der Waals surface area contributed by atoms with Crippen LogP contribution in [-0.2, 0) is 9.59 Å². The van der Waals surface area contributed by atoms with Crippen LogP contribution in [0.3, 0.4) is 0 Å². The van der Waals surface area contributed by atoms with Crippen molar-refractivity contribution in [2.45, 2.75) is 39.7 Å². The summed E-state index contributed by atoms with van der Waals surface area (Å²) in [5.41, 5.74) is -1.22. The number of ketones is 1. The molecule has 1 aliphatic carbocycles. The summed E-state index contributed by atoms with van der Waals surface area (Å²) in [4.78, 5) is 22.4. The van der Waals surface area contributed by atoms with Crippen LogP contribution in [-0.4, -0.2) is 27.6 Å². The van der Waals surface area contributed by atoms with Crippen molar-refractivity contribution in [1.82, 2.24) is 0 Å². The molecule has 4 nitrogen and oxygen atoms in total. The van der Waals surface area contributed by atoms with E-state index >= 15 is 0 Å². The van der Waals surface area contributed by atoms with E-state index in [1.54, 1.807) is 27.7 Å². The zero-order valence-corrected chi connectivity index (χ0v) is 12.8. The molecule has 0 unspecified atom stereocenters. The van der Waals surface area contributed by atoms with E-state index in [0.29, 0.717) is 11.1 Å². The van der Waals surface area contributed by atoms with E-state index in [1.165, 1.54) is 12.2 Å². The molecule has 0 amide bonds. The molecule has 5 heteroatoms. The third kappa shape index (κ3) is 3.02. The predicted molar refractivity (Wildman–Crippen MR) is 77.4 cm³/mol. The molecule has 0 heterocycles. The molecular formula is C15H19ClO4. The quantitative estimate of drug-likeness (QED) is 0.620. The number of allylic oxidation sites excluding steroid dienone is 3. The Morgan fingerprint density at radius 1 is 1.40 bits per heavy atom. The van der Waals surface area contributed by atoms with Crippen molar-refractivity contribution >= 4 is 23.4 Å². The van der Waals surface area contributed by atoms with Crippen LogP contribution in [0.25, 0.3) is 0 Å². The largest absolute Gasteiger partial charge is 0.478 e. The van der Waals surface area contributed by atoms with E-state index in [4.69, 9.17) is 16.7 Å². The third-order valence-electron chi connectivity index (χ3n) is 3.72. The van der Waals surface area contributed by atoms with Crippen LogP contribution < -0.4 is 0 Å². The second-order valence-corrected chi connectivity index (χ2v) is 6.13. The van der Waals surface area contributed by atoms with Gasteiger partial charge < -0.3 is 10.2 Å². The summed E-state index contributed by atoms with van der Waals surface area (Å²) in [6.07, 6.45) is 4.21. The van der Waals surface area contributed by atoms with Crippen LogP contribution in [0, 0.1) is 5.41 Å². The molecule has 1 aliphatic rings. The fraction of sp³-hybridized carbons (Fsp3) is 0.467. The lowest BCUT2D eigenvalue weighted by Crippen LogP contribution is -2.49. The average molecular weight is 299 g/mol. The van der Waals surface area contributed by atoms with Gasteiger partial charge >= 0.3 is 5.97 Å². The van der Waals surface area contributed by atoms with E-state index in [1.807, 2.05) is 0 Å². The molecule has 0 fully saturated rings. The topological polar surface area (TPSA) is 74.6 Å². The Morgan fingerprint density at radius 2 is 1.95 bits per heavy atom. The second-order valence-electron chi connectivity index (χ2n) is 5.75. The Hall–Kier alpha value is -1.39.